The molecule has 1 atom stereocenters. The maximum atomic E-state index is 12.7. The fourth-order valence-corrected chi connectivity index (χ4v) is 3.70. The molecule has 5 heteroatoms. The maximum Gasteiger partial charge on any atom is 0.257 e. The fraction of sp³-hybridized carbons (Fsp3) is 0.455. The van der Waals surface area contributed by atoms with Crippen LogP contribution >= 0.6 is 0 Å². The van der Waals surface area contributed by atoms with E-state index in [1.807, 2.05) is 36.5 Å². The van der Waals surface area contributed by atoms with E-state index in [1.165, 1.54) is 18.5 Å². The molecule has 2 heterocycles. The molecule has 1 N–H and O–H groups in total. The van der Waals surface area contributed by atoms with Crippen molar-refractivity contribution < 1.29 is 4.79 Å². The predicted octanol–water partition coefficient (Wildman–Crippen LogP) is 4.42. The van der Waals surface area contributed by atoms with Crippen molar-refractivity contribution in [3.63, 3.8) is 0 Å². The summed E-state index contributed by atoms with van der Waals surface area (Å²) in [5.74, 6) is 0.561. The van der Waals surface area contributed by atoms with Crippen LogP contribution in [0.15, 0.2) is 42.7 Å². The Bertz CT molecular complexity index is 755. The highest BCUT2D eigenvalue weighted by atomic mass is 16.1. The smallest absolute Gasteiger partial charge is 0.257 e. The van der Waals surface area contributed by atoms with Crippen molar-refractivity contribution in [1.29, 1.82) is 0 Å². The average Bonchev–Trinajstić information content (AvgIpc) is 2.70. The lowest BCUT2D eigenvalue weighted by molar-refractivity contribution is 0.102. The summed E-state index contributed by atoms with van der Waals surface area (Å²) >= 11 is 0. The van der Waals surface area contributed by atoms with Gasteiger partial charge >= 0.3 is 0 Å². The first-order chi connectivity index (χ1) is 13.1. The molecule has 1 aromatic carbocycles. The largest absolute Gasteiger partial charge is 0.372 e. The van der Waals surface area contributed by atoms with Gasteiger partial charge in [0.2, 0.25) is 0 Å². The Labute approximate surface area is 162 Å². The molecule has 0 spiro atoms. The quantitative estimate of drug-likeness (QED) is 0.822. The van der Waals surface area contributed by atoms with E-state index in [0.717, 1.165) is 37.6 Å². The minimum Gasteiger partial charge on any atom is -0.372 e. The maximum absolute atomic E-state index is 12.7. The van der Waals surface area contributed by atoms with Gasteiger partial charge in [0.25, 0.3) is 5.91 Å². The summed E-state index contributed by atoms with van der Waals surface area (Å²) in [5, 5.41) is 2.98. The number of piperidine rings is 1. The first-order valence-electron chi connectivity index (χ1n) is 9.97. The first-order valence-corrected chi connectivity index (χ1v) is 9.97. The second-order valence-corrected chi connectivity index (χ2v) is 7.30. The molecule has 2 aromatic rings. The van der Waals surface area contributed by atoms with E-state index in [-0.39, 0.29) is 5.91 Å². The summed E-state index contributed by atoms with van der Waals surface area (Å²) in [4.78, 5) is 21.6. The van der Waals surface area contributed by atoms with Gasteiger partial charge in [-0.1, -0.05) is 6.92 Å². The molecule has 27 heavy (non-hydrogen) atoms. The summed E-state index contributed by atoms with van der Waals surface area (Å²) in [6, 6.07) is 9.95. The predicted molar refractivity (Wildman–Crippen MR) is 113 cm³/mol. The molecule has 1 aliphatic heterocycles. The minimum absolute atomic E-state index is 0.120. The van der Waals surface area contributed by atoms with E-state index < -0.39 is 0 Å². The molecule has 1 aliphatic rings. The van der Waals surface area contributed by atoms with Gasteiger partial charge in [-0.05, 0) is 62.9 Å². The van der Waals surface area contributed by atoms with Gasteiger partial charge in [-0.3, -0.25) is 9.78 Å². The minimum atomic E-state index is -0.120. The Morgan fingerprint density at radius 2 is 1.96 bits per heavy atom. The van der Waals surface area contributed by atoms with Crippen molar-refractivity contribution in [2.45, 2.75) is 33.6 Å². The average molecular weight is 367 g/mol. The van der Waals surface area contributed by atoms with Crippen molar-refractivity contribution in [2.24, 2.45) is 5.92 Å². The Hall–Kier alpha value is -2.56. The molecule has 1 saturated heterocycles. The topological polar surface area (TPSA) is 48.5 Å². The van der Waals surface area contributed by atoms with Crippen LogP contribution in [0.3, 0.4) is 0 Å². The number of pyridine rings is 1. The highest BCUT2D eigenvalue weighted by Gasteiger charge is 2.18. The molecule has 1 aromatic heterocycles. The van der Waals surface area contributed by atoms with Gasteiger partial charge in [-0.15, -0.1) is 0 Å². The summed E-state index contributed by atoms with van der Waals surface area (Å²) in [6.45, 7) is 10.6. The van der Waals surface area contributed by atoms with Gasteiger partial charge in [0, 0.05) is 43.8 Å². The van der Waals surface area contributed by atoms with Crippen LogP contribution < -0.4 is 15.1 Å². The van der Waals surface area contributed by atoms with Crippen LogP contribution in [-0.4, -0.2) is 37.1 Å². The number of aromatic nitrogens is 1. The lowest BCUT2D eigenvalue weighted by Gasteiger charge is -2.32. The SMILES string of the molecule is CCN(CC)c1ccc(NC(=O)c2cncc(N3CCCC(C)C3)c2)cc1. The molecule has 3 rings (SSSR count). The van der Waals surface area contributed by atoms with Crippen molar-refractivity contribution in [2.75, 3.05) is 41.3 Å². The first kappa shape index (κ1) is 19.2. The number of carbonyl (C=O) groups excluding carboxylic acids is 1. The van der Waals surface area contributed by atoms with Gasteiger partial charge < -0.3 is 15.1 Å². The third-order valence-electron chi connectivity index (χ3n) is 5.26. The highest BCUT2D eigenvalue weighted by Crippen LogP contribution is 2.23. The molecule has 0 bridgehead atoms. The molecule has 1 fully saturated rings. The van der Waals surface area contributed by atoms with E-state index in [4.69, 9.17) is 0 Å². The van der Waals surface area contributed by atoms with E-state index in [1.54, 1.807) is 6.20 Å². The molecular weight excluding hydrogens is 336 g/mol. The molecule has 144 valence electrons. The molecular formula is C22H30N4O. The molecule has 0 radical (unpaired) electrons. The normalized spacial score (nSPS) is 16.9. The number of nitrogens with zero attached hydrogens (tertiary/aromatic N) is 3. The van der Waals surface area contributed by atoms with E-state index >= 15 is 0 Å². The van der Waals surface area contributed by atoms with Crippen molar-refractivity contribution in [3.05, 3.63) is 48.3 Å². The Balaban J connectivity index is 1.68. The number of amides is 1. The number of nitrogens with one attached hydrogen (secondary N) is 1. The van der Waals surface area contributed by atoms with Crippen molar-refractivity contribution >= 4 is 23.0 Å². The van der Waals surface area contributed by atoms with Crippen LogP contribution in [0.5, 0.6) is 0 Å². The van der Waals surface area contributed by atoms with Crippen LogP contribution in [0.4, 0.5) is 17.1 Å². The number of anilines is 3. The van der Waals surface area contributed by atoms with Gasteiger partial charge in [-0.2, -0.15) is 0 Å². The number of hydrogen-bond acceptors (Lipinski definition) is 4. The second-order valence-electron chi connectivity index (χ2n) is 7.30. The third-order valence-corrected chi connectivity index (χ3v) is 5.26. The van der Waals surface area contributed by atoms with E-state index in [2.05, 4.69) is 40.9 Å². The third kappa shape index (κ3) is 4.79. The van der Waals surface area contributed by atoms with Crippen LogP contribution in [0, 0.1) is 5.92 Å². The van der Waals surface area contributed by atoms with Gasteiger partial charge in [-0.25, -0.2) is 0 Å². The standard InChI is InChI=1S/C22H30N4O/c1-4-25(5-2)20-10-8-19(9-11-20)24-22(27)18-13-21(15-23-14-18)26-12-6-7-17(3)16-26/h8-11,13-15,17H,4-7,12,16H2,1-3H3,(H,24,27). The van der Waals surface area contributed by atoms with Crippen LogP contribution in [0.25, 0.3) is 0 Å². The van der Waals surface area contributed by atoms with Crippen molar-refractivity contribution in [1.82, 2.24) is 4.98 Å². The fourth-order valence-electron chi connectivity index (χ4n) is 3.70. The number of rotatable bonds is 6. The van der Waals surface area contributed by atoms with Gasteiger partial charge in [0.1, 0.15) is 0 Å². The summed E-state index contributed by atoms with van der Waals surface area (Å²) in [5.41, 5.74) is 3.60. The van der Waals surface area contributed by atoms with Crippen LogP contribution in [0.2, 0.25) is 0 Å². The Kier molecular flexibility index (Phi) is 6.32. The van der Waals surface area contributed by atoms with E-state index in [9.17, 15) is 4.79 Å². The molecule has 5 nitrogen and oxygen atoms in total. The van der Waals surface area contributed by atoms with E-state index in [0.29, 0.717) is 11.5 Å². The Morgan fingerprint density at radius 3 is 2.63 bits per heavy atom. The zero-order valence-electron chi connectivity index (χ0n) is 16.6. The summed E-state index contributed by atoms with van der Waals surface area (Å²) in [7, 11) is 0. The molecule has 0 aliphatic carbocycles. The number of benzene rings is 1. The van der Waals surface area contributed by atoms with Gasteiger partial charge in [0.15, 0.2) is 0 Å². The molecule has 1 unspecified atom stereocenters. The summed E-state index contributed by atoms with van der Waals surface area (Å²) in [6.07, 6.45) is 5.95. The summed E-state index contributed by atoms with van der Waals surface area (Å²) < 4.78 is 0. The zero-order chi connectivity index (χ0) is 19.2. The monoisotopic (exact) mass is 366 g/mol. The van der Waals surface area contributed by atoms with Crippen LogP contribution in [-0.2, 0) is 0 Å². The highest BCUT2D eigenvalue weighted by molar-refractivity contribution is 6.04. The number of carbonyl (C=O) groups is 1. The van der Waals surface area contributed by atoms with Crippen molar-refractivity contribution in [3.8, 4) is 0 Å². The Morgan fingerprint density at radius 1 is 1.22 bits per heavy atom. The molecule has 0 saturated carbocycles. The number of hydrogen-bond donors (Lipinski definition) is 1. The van der Waals surface area contributed by atoms with Crippen LogP contribution in [0.1, 0.15) is 44.0 Å². The second kappa shape index (κ2) is 8.89. The van der Waals surface area contributed by atoms with Gasteiger partial charge in [0.05, 0.1) is 17.4 Å². The molecule has 1 amide bonds. The zero-order valence-corrected chi connectivity index (χ0v) is 16.6. The lowest BCUT2D eigenvalue weighted by atomic mass is 10.00. The lowest BCUT2D eigenvalue weighted by Crippen LogP contribution is -2.34.